The number of nitrogens with one attached hydrogen (secondary N) is 1. The van der Waals surface area contributed by atoms with Crippen LogP contribution in [0.2, 0.25) is 0 Å². The molecule has 0 amide bonds. The Hall–Kier alpha value is -0.0800. The maximum atomic E-state index is 5.84. The van der Waals surface area contributed by atoms with Crippen LogP contribution in [0.1, 0.15) is 71.1 Å². The van der Waals surface area contributed by atoms with E-state index in [-0.39, 0.29) is 0 Å². The quantitative estimate of drug-likeness (QED) is 0.377. The molecule has 3 fully saturated rings. The van der Waals surface area contributed by atoms with E-state index in [1.54, 1.807) is 6.42 Å². The fourth-order valence-corrected chi connectivity index (χ4v) is 5.46. The van der Waals surface area contributed by atoms with Gasteiger partial charge in [0.1, 0.15) is 0 Å². The van der Waals surface area contributed by atoms with Gasteiger partial charge in [0.05, 0.1) is 0 Å². The molecule has 2 heteroatoms. The fourth-order valence-electron chi connectivity index (χ4n) is 5.46. The zero-order chi connectivity index (χ0) is 13.2. The Balaban J connectivity index is 1.36. The lowest BCUT2D eigenvalue weighted by Gasteiger charge is -2.19. The van der Waals surface area contributed by atoms with Crippen LogP contribution in [0.15, 0.2) is 0 Å². The molecule has 0 aromatic heterocycles. The molecule has 3 N–H and O–H groups in total. The van der Waals surface area contributed by atoms with E-state index in [2.05, 4.69) is 12.3 Å². The third kappa shape index (κ3) is 2.71. The van der Waals surface area contributed by atoms with E-state index in [0.717, 1.165) is 29.6 Å². The molecule has 2 nitrogen and oxygen atoms in total. The second-order valence-corrected chi connectivity index (χ2v) is 7.39. The Bertz CT molecular complexity index is 275. The summed E-state index contributed by atoms with van der Waals surface area (Å²) in [5, 5.41) is 0. The molecule has 3 aliphatic carbocycles. The molecule has 5 atom stereocenters. The molecule has 0 saturated heterocycles. The Labute approximate surface area is 118 Å². The van der Waals surface area contributed by atoms with Crippen molar-refractivity contribution in [2.45, 2.75) is 77.2 Å². The molecule has 0 spiro atoms. The number of hydrazine groups is 1. The number of rotatable bonds is 9. The van der Waals surface area contributed by atoms with Gasteiger partial charge >= 0.3 is 0 Å². The molecule has 5 unspecified atom stereocenters. The summed E-state index contributed by atoms with van der Waals surface area (Å²) in [5.74, 6) is 11.1. The van der Waals surface area contributed by atoms with Gasteiger partial charge in [-0.1, -0.05) is 45.4 Å². The first-order valence-electron chi connectivity index (χ1n) is 8.83. The van der Waals surface area contributed by atoms with Crippen molar-refractivity contribution >= 4 is 0 Å². The van der Waals surface area contributed by atoms with Crippen molar-refractivity contribution in [1.29, 1.82) is 0 Å². The lowest BCUT2D eigenvalue weighted by Crippen LogP contribution is -2.38. The zero-order valence-electron chi connectivity index (χ0n) is 12.6. The minimum Gasteiger partial charge on any atom is -0.271 e. The maximum Gasteiger partial charge on any atom is 0.0244 e. The topological polar surface area (TPSA) is 38.0 Å². The fraction of sp³-hybridized carbons (Fsp3) is 1.00. The molecule has 0 aliphatic heterocycles. The van der Waals surface area contributed by atoms with Crippen LogP contribution in [0.3, 0.4) is 0 Å². The minimum absolute atomic E-state index is 0.629. The van der Waals surface area contributed by atoms with Gasteiger partial charge in [-0.25, -0.2) is 0 Å². The third-order valence-electron chi connectivity index (χ3n) is 6.34. The van der Waals surface area contributed by atoms with Gasteiger partial charge in [0.2, 0.25) is 0 Å². The van der Waals surface area contributed by atoms with Gasteiger partial charge < -0.3 is 0 Å². The lowest BCUT2D eigenvalue weighted by molar-refractivity contribution is 0.343. The predicted octanol–water partition coefficient (Wildman–Crippen LogP) is 3.86. The number of hydrogen-bond donors (Lipinski definition) is 2. The Morgan fingerprint density at radius 1 is 1.00 bits per heavy atom. The van der Waals surface area contributed by atoms with E-state index in [0.29, 0.717) is 6.04 Å². The van der Waals surface area contributed by atoms with E-state index in [9.17, 15) is 0 Å². The lowest BCUT2D eigenvalue weighted by atomic mass is 9.94. The molecular formula is C17H32N2. The highest BCUT2D eigenvalue weighted by molar-refractivity contribution is 5.15. The summed E-state index contributed by atoms with van der Waals surface area (Å²) >= 11 is 0. The molecule has 3 aliphatic rings. The summed E-state index contributed by atoms with van der Waals surface area (Å²) < 4.78 is 0. The zero-order valence-corrected chi connectivity index (χ0v) is 12.6. The smallest absolute Gasteiger partial charge is 0.0244 e. The molecule has 110 valence electrons. The van der Waals surface area contributed by atoms with Crippen molar-refractivity contribution in [3.05, 3.63) is 0 Å². The molecule has 0 aromatic rings. The van der Waals surface area contributed by atoms with Gasteiger partial charge in [0.25, 0.3) is 0 Å². The Morgan fingerprint density at radius 2 is 1.63 bits per heavy atom. The van der Waals surface area contributed by atoms with Crippen molar-refractivity contribution < 1.29 is 0 Å². The van der Waals surface area contributed by atoms with Gasteiger partial charge in [-0.05, 0) is 55.3 Å². The second-order valence-electron chi connectivity index (χ2n) is 7.39. The standard InChI is InChI=1S/C17H32N2/c1-2-3-4-5-6-7-8-14(19-18)17-15-12-9-10-13(11-12)16(15)17/h12-17,19H,2-11,18H2,1H3. The molecule has 0 aromatic carbocycles. The molecule has 3 rings (SSSR count). The maximum absolute atomic E-state index is 5.84. The second kappa shape index (κ2) is 6.13. The van der Waals surface area contributed by atoms with Crippen LogP contribution in [0.5, 0.6) is 0 Å². The van der Waals surface area contributed by atoms with Crippen LogP contribution in [0, 0.1) is 29.6 Å². The van der Waals surface area contributed by atoms with Crippen molar-refractivity contribution in [3.8, 4) is 0 Å². The summed E-state index contributed by atoms with van der Waals surface area (Å²) in [6.07, 6.45) is 14.3. The first-order chi connectivity index (χ1) is 9.36. The van der Waals surface area contributed by atoms with Crippen molar-refractivity contribution in [2.75, 3.05) is 0 Å². The normalized spacial score (nSPS) is 40.4. The average Bonchev–Trinajstić information content (AvgIpc) is 2.85. The van der Waals surface area contributed by atoms with Crippen LogP contribution < -0.4 is 11.3 Å². The Kier molecular flexibility index (Phi) is 4.48. The summed E-state index contributed by atoms with van der Waals surface area (Å²) in [4.78, 5) is 0. The minimum atomic E-state index is 0.629. The average molecular weight is 264 g/mol. The highest BCUT2D eigenvalue weighted by Gasteiger charge is 2.66. The summed E-state index contributed by atoms with van der Waals surface area (Å²) in [7, 11) is 0. The van der Waals surface area contributed by atoms with Gasteiger partial charge in [-0.3, -0.25) is 11.3 Å². The molecular weight excluding hydrogens is 232 g/mol. The number of unbranched alkanes of at least 4 members (excludes halogenated alkanes) is 5. The van der Waals surface area contributed by atoms with Crippen molar-refractivity contribution in [2.24, 2.45) is 35.4 Å². The summed E-state index contributed by atoms with van der Waals surface area (Å²) in [5.41, 5.74) is 3.16. The monoisotopic (exact) mass is 264 g/mol. The predicted molar refractivity (Wildman–Crippen MR) is 80.4 cm³/mol. The van der Waals surface area contributed by atoms with Crippen LogP contribution >= 0.6 is 0 Å². The molecule has 0 heterocycles. The van der Waals surface area contributed by atoms with Gasteiger partial charge in [0.15, 0.2) is 0 Å². The van der Waals surface area contributed by atoms with Gasteiger partial charge in [-0.2, -0.15) is 0 Å². The van der Waals surface area contributed by atoms with Crippen LogP contribution in [-0.4, -0.2) is 6.04 Å². The van der Waals surface area contributed by atoms with E-state index in [4.69, 9.17) is 5.84 Å². The molecule has 3 saturated carbocycles. The number of hydrogen-bond acceptors (Lipinski definition) is 2. The van der Waals surface area contributed by atoms with Crippen LogP contribution in [0.25, 0.3) is 0 Å². The van der Waals surface area contributed by atoms with E-state index >= 15 is 0 Å². The van der Waals surface area contributed by atoms with E-state index in [1.807, 2.05) is 0 Å². The van der Waals surface area contributed by atoms with Crippen molar-refractivity contribution in [3.63, 3.8) is 0 Å². The summed E-state index contributed by atoms with van der Waals surface area (Å²) in [6.45, 7) is 2.29. The largest absolute Gasteiger partial charge is 0.271 e. The SMILES string of the molecule is CCCCCCCCC(NN)C1C2C3CCC(C3)C21. The van der Waals surface area contributed by atoms with E-state index < -0.39 is 0 Å². The number of nitrogens with two attached hydrogens (primary N) is 1. The molecule has 19 heavy (non-hydrogen) atoms. The first-order valence-corrected chi connectivity index (χ1v) is 8.83. The third-order valence-corrected chi connectivity index (χ3v) is 6.34. The highest BCUT2D eigenvalue weighted by atomic mass is 15.2. The van der Waals surface area contributed by atoms with E-state index in [1.165, 1.54) is 57.8 Å². The van der Waals surface area contributed by atoms with Crippen LogP contribution in [0.4, 0.5) is 0 Å². The van der Waals surface area contributed by atoms with Crippen molar-refractivity contribution in [1.82, 2.24) is 5.43 Å². The van der Waals surface area contributed by atoms with Gasteiger partial charge in [-0.15, -0.1) is 0 Å². The molecule has 2 bridgehead atoms. The van der Waals surface area contributed by atoms with Crippen LogP contribution in [-0.2, 0) is 0 Å². The number of fused-ring (bicyclic) bond motifs is 5. The first kappa shape index (κ1) is 13.9. The Morgan fingerprint density at radius 3 is 2.26 bits per heavy atom. The summed E-state index contributed by atoms with van der Waals surface area (Å²) in [6, 6.07) is 0.629. The molecule has 0 radical (unpaired) electrons. The van der Waals surface area contributed by atoms with Gasteiger partial charge in [0, 0.05) is 6.04 Å². The highest BCUT2D eigenvalue weighted by Crippen LogP contribution is 2.70.